The van der Waals surface area contributed by atoms with E-state index in [-0.39, 0.29) is 22.5 Å². The largest absolute Gasteiger partial charge is 0.444 e. The molecule has 0 heterocycles. The third-order valence-corrected chi connectivity index (χ3v) is 12.7. The highest BCUT2D eigenvalue weighted by Crippen LogP contribution is 2.72. The highest BCUT2D eigenvalue weighted by Gasteiger charge is 2.67. The summed E-state index contributed by atoms with van der Waals surface area (Å²) in [6.07, 6.45) is 10.9. The topological polar surface area (TPSA) is 55.4 Å². The lowest BCUT2D eigenvalue weighted by atomic mass is 9.36. The molecule has 0 aromatic rings. The molecule has 4 heteroatoms. The molecule has 1 amide bonds. The number of hydrogen-bond acceptors (Lipinski definition) is 3. The molecule has 5 saturated carbocycles. The molecule has 5 aliphatic carbocycles. The SMILES string of the molecule is C=C(C)[C@@H]1CC[C@]2(NC(=O)OC(C)(C)C)CCC3[C@H](CCC4[C@@]3(C)CCC3C(C)(C)C(=O)CC[C@@]34C)C12. The minimum absolute atomic E-state index is 0.170. The Morgan fingerprint density at radius 2 is 1.59 bits per heavy atom. The lowest BCUT2D eigenvalue weighted by molar-refractivity contribution is -0.194. The van der Waals surface area contributed by atoms with Gasteiger partial charge in [-0.15, -0.1) is 0 Å². The van der Waals surface area contributed by atoms with Crippen LogP contribution in [0.1, 0.15) is 120 Å². The number of ketones is 1. The summed E-state index contributed by atoms with van der Waals surface area (Å²) >= 11 is 0. The van der Waals surface area contributed by atoms with Crippen LogP contribution in [0.5, 0.6) is 0 Å². The molecule has 0 bridgehead atoms. The number of rotatable bonds is 2. The summed E-state index contributed by atoms with van der Waals surface area (Å²) in [6.45, 7) is 22.1. The second kappa shape index (κ2) is 8.59. The van der Waals surface area contributed by atoms with Crippen molar-refractivity contribution in [3.05, 3.63) is 12.2 Å². The molecule has 208 valence electrons. The first-order chi connectivity index (χ1) is 17.1. The number of fused-ring (bicyclic) bond motifs is 7. The lowest BCUT2D eigenvalue weighted by Gasteiger charge is -2.68. The summed E-state index contributed by atoms with van der Waals surface area (Å²) in [7, 11) is 0. The van der Waals surface area contributed by atoms with Crippen molar-refractivity contribution < 1.29 is 14.3 Å². The Kier molecular flexibility index (Phi) is 6.33. The lowest BCUT2D eigenvalue weighted by Crippen LogP contribution is -2.65. The van der Waals surface area contributed by atoms with E-state index >= 15 is 0 Å². The number of Topliss-reactive ketones (excluding diaryl/α,β-unsaturated/α-hetero) is 1. The molecule has 9 atom stereocenters. The van der Waals surface area contributed by atoms with Gasteiger partial charge in [0.15, 0.2) is 0 Å². The molecule has 37 heavy (non-hydrogen) atoms. The quantitative estimate of drug-likeness (QED) is 0.381. The van der Waals surface area contributed by atoms with Crippen LogP contribution >= 0.6 is 0 Å². The fourth-order valence-corrected chi connectivity index (χ4v) is 11.3. The first-order valence-corrected chi connectivity index (χ1v) is 15.2. The molecule has 5 fully saturated rings. The number of carbonyl (C=O) groups is 2. The Labute approximate surface area is 226 Å². The number of alkyl carbamates (subject to hydrolysis) is 1. The van der Waals surface area contributed by atoms with E-state index in [1.165, 1.54) is 37.7 Å². The van der Waals surface area contributed by atoms with E-state index in [9.17, 15) is 9.59 Å². The van der Waals surface area contributed by atoms with Gasteiger partial charge >= 0.3 is 6.09 Å². The standard InChI is InChI=1S/C33H53NO3/c1-20(2)21-12-18-33(34-28(36)37-29(3,4)5)19-13-23-22(27(21)33)10-11-25-31(23,8)16-14-24-30(6,7)26(35)15-17-32(24,25)9/h21-25,27H,1,10-19H2,2-9H3,(H,34,36)/t21-,22-,23?,24?,25?,27?,31-,32-,33-/m0/s1. The van der Waals surface area contributed by atoms with E-state index < -0.39 is 5.60 Å². The van der Waals surface area contributed by atoms with Gasteiger partial charge in [0, 0.05) is 17.4 Å². The number of amides is 1. The van der Waals surface area contributed by atoms with Crippen LogP contribution in [0.4, 0.5) is 4.79 Å². The normalized spacial score (nSPS) is 46.6. The zero-order valence-electron chi connectivity index (χ0n) is 25.0. The van der Waals surface area contributed by atoms with Crippen LogP contribution in [0.25, 0.3) is 0 Å². The van der Waals surface area contributed by atoms with Crippen molar-refractivity contribution in [1.29, 1.82) is 0 Å². The predicted molar refractivity (Wildman–Crippen MR) is 149 cm³/mol. The van der Waals surface area contributed by atoms with Crippen molar-refractivity contribution in [2.75, 3.05) is 0 Å². The van der Waals surface area contributed by atoms with Gasteiger partial charge in [-0.25, -0.2) is 4.79 Å². The molecule has 5 rings (SSSR count). The molecule has 0 spiro atoms. The van der Waals surface area contributed by atoms with E-state index in [0.29, 0.717) is 46.7 Å². The predicted octanol–water partition coefficient (Wildman–Crippen LogP) is 8.10. The van der Waals surface area contributed by atoms with Crippen molar-refractivity contribution in [3.63, 3.8) is 0 Å². The molecule has 4 unspecified atom stereocenters. The van der Waals surface area contributed by atoms with Crippen molar-refractivity contribution in [2.45, 2.75) is 131 Å². The van der Waals surface area contributed by atoms with Gasteiger partial charge in [-0.05, 0) is 132 Å². The summed E-state index contributed by atoms with van der Waals surface area (Å²) in [6, 6.07) is 0. The molecular weight excluding hydrogens is 458 g/mol. The van der Waals surface area contributed by atoms with Crippen molar-refractivity contribution in [1.82, 2.24) is 5.32 Å². The van der Waals surface area contributed by atoms with E-state index in [0.717, 1.165) is 32.1 Å². The van der Waals surface area contributed by atoms with Gasteiger partial charge in [0.1, 0.15) is 11.4 Å². The highest BCUT2D eigenvalue weighted by atomic mass is 16.6. The Morgan fingerprint density at radius 3 is 2.24 bits per heavy atom. The Hall–Kier alpha value is -1.32. The molecule has 0 aromatic heterocycles. The molecule has 0 aliphatic heterocycles. The van der Waals surface area contributed by atoms with E-state index in [1.54, 1.807) is 0 Å². The zero-order valence-corrected chi connectivity index (χ0v) is 25.0. The first kappa shape index (κ1) is 27.3. The van der Waals surface area contributed by atoms with Crippen molar-refractivity contribution >= 4 is 11.9 Å². The molecule has 0 aromatic carbocycles. The van der Waals surface area contributed by atoms with Gasteiger partial charge < -0.3 is 10.1 Å². The van der Waals surface area contributed by atoms with Gasteiger partial charge in [-0.1, -0.05) is 39.8 Å². The number of carbonyl (C=O) groups excluding carboxylic acids is 2. The second-order valence-corrected chi connectivity index (χ2v) is 16.0. The summed E-state index contributed by atoms with van der Waals surface area (Å²) in [4.78, 5) is 26.1. The molecule has 0 radical (unpaired) electrons. The fourth-order valence-electron chi connectivity index (χ4n) is 11.3. The van der Waals surface area contributed by atoms with Crippen LogP contribution in [0.15, 0.2) is 12.2 Å². The molecule has 4 nitrogen and oxygen atoms in total. The third-order valence-electron chi connectivity index (χ3n) is 12.7. The fraction of sp³-hybridized carbons (Fsp3) is 0.879. The van der Waals surface area contributed by atoms with Gasteiger partial charge in [-0.3, -0.25) is 4.79 Å². The summed E-state index contributed by atoms with van der Waals surface area (Å²) in [5.74, 6) is 3.89. The highest BCUT2D eigenvalue weighted by molar-refractivity contribution is 5.85. The van der Waals surface area contributed by atoms with Crippen LogP contribution < -0.4 is 5.32 Å². The van der Waals surface area contributed by atoms with Crippen LogP contribution in [-0.2, 0) is 9.53 Å². The Balaban J connectivity index is 1.46. The minimum Gasteiger partial charge on any atom is -0.444 e. The molecular formula is C33H53NO3. The third kappa shape index (κ3) is 4.05. The molecule has 1 N–H and O–H groups in total. The summed E-state index contributed by atoms with van der Waals surface area (Å²) in [5.41, 5.74) is 0.993. The maximum Gasteiger partial charge on any atom is 0.408 e. The van der Waals surface area contributed by atoms with E-state index in [2.05, 4.69) is 46.5 Å². The maximum absolute atomic E-state index is 13.1. The maximum atomic E-state index is 13.1. The Bertz CT molecular complexity index is 977. The van der Waals surface area contributed by atoms with Crippen LogP contribution in [0.3, 0.4) is 0 Å². The number of allylic oxidation sites excluding steroid dienone is 1. The van der Waals surface area contributed by atoms with Gasteiger partial charge in [0.25, 0.3) is 0 Å². The van der Waals surface area contributed by atoms with Gasteiger partial charge in [0.2, 0.25) is 0 Å². The minimum atomic E-state index is -0.492. The van der Waals surface area contributed by atoms with Crippen molar-refractivity contribution in [2.24, 2.45) is 51.8 Å². The zero-order chi connectivity index (χ0) is 27.2. The van der Waals surface area contributed by atoms with Crippen molar-refractivity contribution in [3.8, 4) is 0 Å². The Morgan fingerprint density at radius 1 is 0.919 bits per heavy atom. The average molecular weight is 512 g/mol. The summed E-state index contributed by atoms with van der Waals surface area (Å²) in [5, 5.41) is 3.48. The number of nitrogens with one attached hydrogen (secondary N) is 1. The molecule has 5 aliphatic rings. The smallest absolute Gasteiger partial charge is 0.408 e. The second-order valence-electron chi connectivity index (χ2n) is 16.0. The van der Waals surface area contributed by atoms with Crippen LogP contribution in [-0.4, -0.2) is 23.0 Å². The summed E-state index contributed by atoms with van der Waals surface area (Å²) < 4.78 is 5.78. The van der Waals surface area contributed by atoms with Gasteiger partial charge in [-0.2, -0.15) is 0 Å². The monoisotopic (exact) mass is 511 g/mol. The van der Waals surface area contributed by atoms with E-state index in [4.69, 9.17) is 4.74 Å². The average Bonchev–Trinajstić information content (AvgIpc) is 3.14. The number of hydrogen-bond donors (Lipinski definition) is 1. The number of ether oxygens (including phenoxy) is 1. The van der Waals surface area contributed by atoms with E-state index in [1.807, 2.05) is 20.8 Å². The van der Waals surface area contributed by atoms with Crippen LogP contribution in [0.2, 0.25) is 0 Å². The first-order valence-electron chi connectivity index (χ1n) is 15.2. The van der Waals surface area contributed by atoms with Crippen LogP contribution in [0, 0.1) is 51.8 Å². The van der Waals surface area contributed by atoms with Gasteiger partial charge in [0.05, 0.1) is 0 Å². The molecule has 0 saturated heterocycles.